The van der Waals surface area contributed by atoms with Crippen molar-refractivity contribution in [3.8, 4) is 5.75 Å². The molecule has 0 radical (unpaired) electrons. The highest BCUT2D eigenvalue weighted by atomic mass is 19.1. The van der Waals surface area contributed by atoms with Gasteiger partial charge in [0.2, 0.25) is 0 Å². The summed E-state index contributed by atoms with van der Waals surface area (Å²) in [7, 11) is 1.41. The van der Waals surface area contributed by atoms with Crippen LogP contribution in [0.3, 0.4) is 0 Å². The number of rotatable bonds is 6. The van der Waals surface area contributed by atoms with Crippen molar-refractivity contribution in [3.63, 3.8) is 0 Å². The van der Waals surface area contributed by atoms with E-state index in [1.54, 1.807) is 18.2 Å². The van der Waals surface area contributed by atoms with Crippen molar-refractivity contribution < 1.29 is 27.9 Å². The molecule has 32 heavy (non-hydrogen) atoms. The molecule has 0 bridgehead atoms. The van der Waals surface area contributed by atoms with Gasteiger partial charge in [0.1, 0.15) is 17.4 Å². The molecule has 1 aliphatic rings. The second-order valence-corrected chi connectivity index (χ2v) is 7.21. The quantitative estimate of drug-likeness (QED) is 0.473. The van der Waals surface area contributed by atoms with E-state index in [1.165, 1.54) is 37.4 Å². The fraction of sp³-hybridized carbons (Fsp3) is 0.125. The number of benzene rings is 3. The maximum absolute atomic E-state index is 13.6. The molecular weight excluding hydrogens is 418 g/mol. The van der Waals surface area contributed by atoms with Gasteiger partial charge in [-0.2, -0.15) is 0 Å². The summed E-state index contributed by atoms with van der Waals surface area (Å²) < 4.78 is 32.3. The Morgan fingerprint density at radius 1 is 0.906 bits per heavy atom. The number of hydrogen-bond acceptors (Lipinski definition) is 4. The Bertz CT molecular complexity index is 1150. The molecule has 6 nitrogen and oxygen atoms in total. The van der Waals surface area contributed by atoms with Gasteiger partial charge in [-0.05, 0) is 47.5 Å². The van der Waals surface area contributed by atoms with Gasteiger partial charge in [-0.15, -0.1) is 0 Å². The van der Waals surface area contributed by atoms with E-state index in [2.05, 4.69) is 5.32 Å². The highest BCUT2D eigenvalue weighted by molar-refractivity contribution is 6.13. The van der Waals surface area contributed by atoms with Crippen molar-refractivity contribution in [3.05, 3.63) is 101 Å². The lowest BCUT2D eigenvalue weighted by molar-refractivity contribution is -0.129. The van der Waals surface area contributed by atoms with E-state index in [-0.39, 0.29) is 16.7 Å². The summed E-state index contributed by atoms with van der Waals surface area (Å²) in [5, 5.41) is 2.63. The zero-order chi connectivity index (χ0) is 22.9. The van der Waals surface area contributed by atoms with Crippen LogP contribution < -0.4 is 10.1 Å². The van der Waals surface area contributed by atoms with Crippen molar-refractivity contribution >= 4 is 17.7 Å². The number of halogens is 2. The first-order valence-corrected chi connectivity index (χ1v) is 9.69. The summed E-state index contributed by atoms with van der Waals surface area (Å²) in [5.41, 5.74) is -0.969. The van der Waals surface area contributed by atoms with Gasteiger partial charge in [0, 0.05) is 0 Å². The third-order valence-corrected chi connectivity index (χ3v) is 5.37. The first kappa shape index (κ1) is 21.2. The molecule has 1 aliphatic heterocycles. The lowest BCUT2D eigenvalue weighted by Crippen LogP contribution is -2.45. The number of ether oxygens (including phenoxy) is 1. The lowest BCUT2D eigenvalue weighted by atomic mass is 9.82. The number of nitrogens with one attached hydrogen (secondary N) is 1. The number of para-hydroxylation sites is 1. The monoisotopic (exact) mass is 436 g/mol. The first-order valence-electron chi connectivity index (χ1n) is 9.69. The minimum absolute atomic E-state index is 0.219. The number of carbonyl (C=O) groups excluding carboxylic acids is 3. The van der Waals surface area contributed by atoms with Crippen molar-refractivity contribution in [1.29, 1.82) is 0 Å². The van der Waals surface area contributed by atoms with Crippen molar-refractivity contribution in [2.24, 2.45) is 0 Å². The Labute approximate surface area is 182 Å². The van der Waals surface area contributed by atoms with Crippen LogP contribution in [-0.2, 0) is 10.3 Å². The smallest absolute Gasteiger partial charge is 0.325 e. The second kappa shape index (κ2) is 8.22. The Kier molecular flexibility index (Phi) is 5.44. The zero-order valence-corrected chi connectivity index (χ0v) is 17.0. The maximum Gasteiger partial charge on any atom is 0.325 e. The van der Waals surface area contributed by atoms with Crippen molar-refractivity contribution in [1.82, 2.24) is 10.2 Å². The second-order valence-electron chi connectivity index (χ2n) is 7.21. The number of urea groups is 1. The summed E-state index contributed by atoms with van der Waals surface area (Å²) >= 11 is 0. The van der Waals surface area contributed by atoms with E-state index >= 15 is 0 Å². The Balaban J connectivity index is 1.75. The van der Waals surface area contributed by atoms with Gasteiger partial charge in [-0.3, -0.25) is 14.5 Å². The van der Waals surface area contributed by atoms with Crippen LogP contribution in [0.4, 0.5) is 13.6 Å². The lowest BCUT2D eigenvalue weighted by Gasteiger charge is -2.28. The standard InChI is InChI=1S/C24H18F2N2O4/c1-32-21-5-3-2-4-19(21)20(29)14-28-22(30)24(27-23(28)31,15-6-10-17(25)11-7-15)16-8-12-18(26)13-9-16/h2-13H,14H2,1H3,(H,27,31). The molecule has 0 aromatic heterocycles. The van der Waals surface area contributed by atoms with Crippen LogP contribution in [0.5, 0.6) is 5.75 Å². The fourth-order valence-corrected chi connectivity index (χ4v) is 3.78. The van der Waals surface area contributed by atoms with E-state index in [1.807, 2.05) is 0 Å². The van der Waals surface area contributed by atoms with E-state index in [9.17, 15) is 23.2 Å². The number of hydrogen-bond donors (Lipinski definition) is 1. The summed E-state index contributed by atoms with van der Waals surface area (Å²) in [6, 6.07) is 15.7. The predicted molar refractivity (Wildman–Crippen MR) is 111 cm³/mol. The molecule has 1 heterocycles. The third-order valence-electron chi connectivity index (χ3n) is 5.37. The van der Waals surface area contributed by atoms with Crippen LogP contribution in [-0.4, -0.2) is 36.3 Å². The highest BCUT2D eigenvalue weighted by Crippen LogP contribution is 2.36. The number of carbonyl (C=O) groups is 3. The molecule has 3 aromatic carbocycles. The highest BCUT2D eigenvalue weighted by Gasteiger charge is 2.54. The Morgan fingerprint density at radius 2 is 1.44 bits per heavy atom. The number of amides is 3. The minimum atomic E-state index is -1.74. The van der Waals surface area contributed by atoms with E-state index < -0.39 is 41.4 Å². The average Bonchev–Trinajstić information content (AvgIpc) is 3.05. The predicted octanol–water partition coefficient (Wildman–Crippen LogP) is 3.65. The number of imide groups is 1. The Morgan fingerprint density at radius 3 is 1.97 bits per heavy atom. The number of ketones is 1. The van der Waals surface area contributed by atoms with Crippen molar-refractivity contribution in [2.45, 2.75) is 5.54 Å². The summed E-state index contributed by atoms with van der Waals surface area (Å²) in [6.07, 6.45) is 0. The number of Topliss-reactive ketones (excluding diaryl/α,β-unsaturated/α-hetero) is 1. The molecule has 1 N–H and O–H groups in total. The van der Waals surface area contributed by atoms with Gasteiger partial charge < -0.3 is 10.1 Å². The largest absolute Gasteiger partial charge is 0.496 e. The van der Waals surface area contributed by atoms with Gasteiger partial charge in [-0.25, -0.2) is 13.6 Å². The molecule has 0 spiro atoms. The normalized spacial score (nSPS) is 14.9. The van der Waals surface area contributed by atoms with Gasteiger partial charge in [0.05, 0.1) is 19.2 Å². The van der Waals surface area contributed by atoms with Crippen LogP contribution in [0.2, 0.25) is 0 Å². The SMILES string of the molecule is COc1ccccc1C(=O)CN1C(=O)NC(c2ccc(F)cc2)(c2ccc(F)cc2)C1=O. The molecule has 162 valence electrons. The first-order chi connectivity index (χ1) is 15.4. The molecule has 8 heteroatoms. The minimum Gasteiger partial charge on any atom is -0.496 e. The van der Waals surface area contributed by atoms with Gasteiger partial charge in [-0.1, -0.05) is 36.4 Å². The van der Waals surface area contributed by atoms with E-state index in [0.29, 0.717) is 5.75 Å². The van der Waals surface area contributed by atoms with Crippen molar-refractivity contribution in [2.75, 3.05) is 13.7 Å². The molecule has 1 saturated heterocycles. The summed E-state index contributed by atoms with van der Waals surface area (Å²) in [5.74, 6) is -1.97. The molecule has 0 saturated carbocycles. The zero-order valence-electron chi connectivity index (χ0n) is 17.0. The van der Waals surface area contributed by atoms with Crippen LogP contribution in [0.25, 0.3) is 0 Å². The fourth-order valence-electron chi connectivity index (χ4n) is 3.78. The van der Waals surface area contributed by atoms with Gasteiger partial charge >= 0.3 is 6.03 Å². The molecule has 4 rings (SSSR count). The van der Waals surface area contributed by atoms with Gasteiger partial charge in [0.15, 0.2) is 11.3 Å². The summed E-state index contributed by atoms with van der Waals surface area (Å²) in [6.45, 7) is -0.533. The number of nitrogens with zero attached hydrogens (tertiary/aromatic N) is 1. The average molecular weight is 436 g/mol. The molecular formula is C24H18F2N2O4. The van der Waals surface area contributed by atoms with Crippen LogP contribution in [0.15, 0.2) is 72.8 Å². The van der Waals surface area contributed by atoms with E-state index in [4.69, 9.17) is 4.74 Å². The molecule has 0 aliphatic carbocycles. The Hall–Kier alpha value is -4.07. The van der Waals surface area contributed by atoms with Crippen LogP contribution >= 0.6 is 0 Å². The van der Waals surface area contributed by atoms with Crippen LogP contribution in [0.1, 0.15) is 21.5 Å². The maximum atomic E-state index is 13.6. The van der Waals surface area contributed by atoms with Crippen LogP contribution in [0, 0.1) is 11.6 Å². The molecule has 0 unspecified atom stereocenters. The molecule has 3 aromatic rings. The number of methoxy groups -OCH3 is 1. The molecule has 1 fully saturated rings. The molecule has 3 amide bonds. The topological polar surface area (TPSA) is 75.7 Å². The molecule has 0 atom stereocenters. The third kappa shape index (κ3) is 3.49. The van der Waals surface area contributed by atoms with Gasteiger partial charge in [0.25, 0.3) is 5.91 Å². The van der Waals surface area contributed by atoms with E-state index in [0.717, 1.165) is 29.2 Å². The summed E-state index contributed by atoms with van der Waals surface area (Å²) in [4.78, 5) is 40.2.